The summed E-state index contributed by atoms with van der Waals surface area (Å²) in [6.45, 7) is 1.000. The van der Waals surface area contributed by atoms with E-state index in [0.29, 0.717) is 0 Å². The van der Waals surface area contributed by atoms with Gasteiger partial charge in [0.05, 0.1) is 11.6 Å². The Labute approximate surface area is 93.5 Å². The molecule has 0 bridgehead atoms. The minimum atomic E-state index is 0.760. The van der Waals surface area contributed by atoms with Crippen molar-refractivity contribution in [3.8, 4) is 6.07 Å². The molecule has 3 heteroatoms. The predicted octanol–water partition coefficient (Wildman–Crippen LogP) is 2.88. The first-order valence-electron chi connectivity index (χ1n) is 4.83. The van der Waals surface area contributed by atoms with E-state index in [1.54, 1.807) is 0 Å². The third-order valence-corrected chi connectivity index (χ3v) is 3.06. The monoisotopic (exact) mass is 216 g/mol. The van der Waals surface area contributed by atoms with Crippen LogP contribution in [0.3, 0.4) is 0 Å². The molecule has 0 amide bonds. The van der Waals surface area contributed by atoms with Gasteiger partial charge in [-0.05, 0) is 24.5 Å². The Morgan fingerprint density at radius 1 is 1.40 bits per heavy atom. The fourth-order valence-corrected chi connectivity index (χ4v) is 2.08. The highest BCUT2D eigenvalue weighted by molar-refractivity contribution is 7.98. The lowest BCUT2D eigenvalue weighted by atomic mass is 10.1. The molecule has 0 saturated carbocycles. The van der Waals surface area contributed by atoms with Crippen molar-refractivity contribution in [1.82, 2.24) is 4.57 Å². The number of nitriles is 1. The topological polar surface area (TPSA) is 28.7 Å². The second-order valence-electron chi connectivity index (χ2n) is 3.35. The fourth-order valence-electron chi connectivity index (χ4n) is 1.71. The second kappa shape index (κ2) is 4.41. The summed E-state index contributed by atoms with van der Waals surface area (Å²) in [4.78, 5) is 0. The van der Waals surface area contributed by atoms with Crippen molar-refractivity contribution in [2.45, 2.75) is 6.54 Å². The average Bonchev–Trinajstić information content (AvgIpc) is 2.69. The molecule has 0 saturated heterocycles. The van der Waals surface area contributed by atoms with Crippen LogP contribution in [0.4, 0.5) is 0 Å². The summed E-state index contributed by atoms with van der Waals surface area (Å²) in [5.74, 6) is 1.10. The molecule has 0 fully saturated rings. The predicted molar refractivity (Wildman–Crippen MR) is 65.0 cm³/mol. The molecular formula is C12H12N2S. The van der Waals surface area contributed by atoms with Crippen LogP contribution in [0.15, 0.2) is 30.5 Å². The number of fused-ring (bicyclic) bond motifs is 1. The van der Waals surface area contributed by atoms with Crippen LogP contribution in [0.2, 0.25) is 0 Å². The van der Waals surface area contributed by atoms with Gasteiger partial charge in [0.2, 0.25) is 0 Å². The van der Waals surface area contributed by atoms with Crippen LogP contribution in [0.5, 0.6) is 0 Å². The number of nitrogens with zero attached hydrogens (tertiary/aromatic N) is 2. The van der Waals surface area contributed by atoms with Gasteiger partial charge in [-0.1, -0.05) is 6.07 Å². The zero-order valence-corrected chi connectivity index (χ0v) is 9.42. The van der Waals surface area contributed by atoms with Crippen LogP contribution in [-0.4, -0.2) is 16.6 Å². The van der Waals surface area contributed by atoms with E-state index >= 15 is 0 Å². The van der Waals surface area contributed by atoms with Gasteiger partial charge < -0.3 is 4.57 Å². The van der Waals surface area contributed by atoms with Crippen LogP contribution in [0.1, 0.15) is 5.56 Å². The van der Waals surface area contributed by atoms with Gasteiger partial charge in [-0.2, -0.15) is 17.0 Å². The van der Waals surface area contributed by atoms with E-state index in [0.717, 1.165) is 28.8 Å². The van der Waals surface area contributed by atoms with Crippen molar-refractivity contribution >= 4 is 22.7 Å². The summed E-state index contributed by atoms with van der Waals surface area (Å²) < 4.78 is 2.20. The van der Waals surface area contributed by atoms with Gasteiger partial charge in [0.25, 0.3) is 0 Å². The lowest BCUT2D eigenvalue weighted by Crippen LogP contribution is -1.97. The van der Waals surface area contributed by atoms with Gasteiger partial charge in [-0.15, -0.1) is 0 Å². The van der Waals surface area contributed by atoms with Crippen molar-refractivity contribution in [3.63, 3.8) is 0 Å². The molecule has 1 aromatic carbocycles. The zero-order valence-electron chi connectivity index (χ0n) is 8.60. The lowest BCUT2D eigenvalue weighted by molar-refractivity contribution is 0.808. The molecular weight excluding hydrogens is 204 g/mol. The minimum absolute atomic E-state index is 0.760. The first-order valence-corrected chi connectivity index (χ1v) is 6.23. The first-order chi connectivity index (χ1) is 7.36. The lowest BCUT2D eigenvalue weighted by Gasteiger charge is -2.03. The summed E-state index contributed by atoms with van der Waals surface area (Å²) in [5, 5.41) is 10.0. The standard InChI is InChI=1S/C12H12N2S/c1-15-8-7-14-6-5-11-10(9-13)3-2-4-12(11)14/h2-6H,7-8H2,1H3. The van der Waals surface area contributed by atoms with E-state index in [1.165, 1.54) is 0 Å². The van der Waals surface area contributed by atoms with Crippen molar-refractivity contribution < 1.29 is 0 Å². The minimum Gasteiger partial charge on any atom is -0.347 e. The third kappa shape index (κ3) is 1.86. The van der Waals surface area contributed by atoms with Gasteiger partial charge in [-0.25, -0.2) is 0 Å². The molecule has 2 nitrogen and oxygen atoms in total. The molecule has 0 aliphatic rings. The Hall–Kier alpha value is -1.40. The normalized spacial score (nSPS) is 10.4. The summed E-state index contributed by atoms with van der Waals surface area (Å²) in [5.41, 5.74) is 1.92. The van der Waals surface area contributed by atoms with Crippen molar-refractivity contribution in [3.05, 3.63) is 36.0 Å². The van der Waals surface area contributed by atoms with E-state index in [9.17, 15) is 0 Å². The molecule has 0 spiro atoms. The van der Waals surface area contributed by atoms with E-state index in [-0.39, 0.29) is 0 Å². The number of aryl methyl sites for hydroxylation is 1. The highest BCUT2D eigenvalue weighted by atomic mass is 32.2. The number of aromatic nitrogens is 1. The van der Waals surface area contributed by atoms with Crippen LogP contribution >= 0.6 is 11.8 Å². The van der Waals surface area contributed by atoms with Crippen LogP contribution in [0.25, 0.3) is 10.9 Å². The molecule has 2 rings (SSSR count). The van der Waals surface area contributed by atoms with Crippen LogP contribution in [0, 0.1) is 11.3 Å². The van der Waals surface area contributed by atoms with E-state index in [2.05, 4.69) is 29.2 Å². The maximum absolute atomic E-state index is 8.96. The fraction of sp³-hybridized carbons (Fsp3) is 0.250. The molecule has 0 N–H and O–H groups in total. The SMILES string of the molecule is CSCCn1ccc2c(C#N)cccc21. The van der Waals surface area contributed by atoms with Gasteiger partial charge in [-0.3, -0.25) is 0 Å². The Bertz CT molecular complexity index is 508. The average molecular weight is 216 g/mol. The van der Waals surface area contributed by atoms with E-state index < -0.39 is 0 Å². The van der Waals surface area contributed by atoms with Gasteiger partial charge in [0, 0.05) is 29.4 Å². The Kier molecular flexibility index (Phi) is 2.98. The zero-order chi connectivity index (χ0) is 10.7. The number of hydrogen-bond acceptors (Lipinski definition) is 2. The highest BCUT2D eigenvalue weighted by Gasteiger charge is 2.03. The van der Waals surface area contributed by atoms with Crippen molar-refractivity contribution in [2.75, 3.05) is 12.0 Å². The second-order valence-corrected chi connectivity index (χ2v) is 4.34. The molecule has 0 radical (unpaired) electrons. The maximum atomic E-state index is 8.96. The summed E-state index contributed by atoms with van der Waals surface area (Å²) in [6, 6.07) is 10.1. The molecule has 0 atom stereocenters. The number of hydrogen-bond donors (Lipinski definition) is 0. The number of benzene rings is 1. The Morgan fingerprint density at radius 3 is 3.00 bits per heavy atom. The summed E-state index contributed by atoms with van der Waals surface area (Å²) in [6.07, 6.45) is 4.16. The smallest absolute Gasteiger partial charge is 0.0998 e. The van der Waals surface area contributed by atoms with Gasteiger partial charge in [0.15, 0.2) is 0 Å². The maximum Gasteiger partial charge on any atom is 0.0998 e. The van der Waals surface area contributed by atoms with Crippen LogP contribution in [-0.2, 0) is 6.54 Å². The third-order valence-electron chi connectivity index (χ3n) is 2.47. The largest absolute Gasteiger partial charge is 0.347 e. The summed E-state index contributed by atoms with van der Waals surface area (Å²) >= 11 is 1.83. The molecule has 0 aliphatic heterocycles. The van der Waals surface area contributed by atoms with Crippen molar-refractivity contribution in [2.24, 2.45) is 0 Å². The molecule has 1 heterocycles. The molecule has 2 aromatic rings. The molecule has 76 valence electrons. The highest BCUT2D eigenvalue weighted by Crippen LogP contribution is 2.19. The van der Waals surface area contributed by atoms with Crippen molar-refractivity contribution in [1.29, 1.82) is 5.26 Å². The van der Waals surface area contributed by atoms with E-state index in [4.69, 9.17) is 5.26 Å². The molecule has 1 aromatic heterocycles. The first kappa shape index (κ1) is 10.1. The molecule has 15 heavy (non-hydrogen) atoms. The Morgan fingerprint density at radius 2 is 2.27 bits per heavy atom. The Balaban J connectivity index is 2.47. The van der Waals surface area contributed by atoms with Crippen LogP contribution < -0.4 is 0 Å². The van der Waals surface area contributed by atoms with E-state index in [1.807, 2.05) is 30.0 Å². The van der Waals surface area contributed by atoms with Gasteiger partial charge >= 0.3 is 0 Å². The quantitative estimate of drug-likeness (QED) is 0.789. The summed E-state index contributed by atoms with van der Waals surface area (Å²) in [7, 11) is 0. The van der Waals surface area contributed by atoms with Gasteiger partial charge in [0.1, 0.15) is 0 Å². The molecule has 0 unspecified atom stereocenters. The number of rotatable bonds is 3. The number of thioether (sulfide) groups is 1. The molecule has 0 aliphatic carbocycles.